The highest BCUT2D eigenvalue weighted by molar-refractivity contribution is 6.46. The summed E-state index contributed by atoms with van der Waals surface area (Å²) in [5.41, 5.74) is 1.01. The average molecular weight is 467 g/mol. The maximum atomic E-state index is 13.4. The third-order valence-corrected chi connectivity index (χ3v) is 6.24. The predicted octanol–water partition coefficient (Wildman–Crippen LogP) is 1.63. The van der Waals surface area contributed by atoms with Crippen molar-refractivity contribution < 1.29 is 29.1 Å². The Hall–Kier alpha value is -3.32. The predicted molar refractivity (Wildman–Crippen MR) is 129 cm³/mol. The van der Waals surface area contributed by atoms with Gasteiger partial charge in [-0.1, -0.05) is 49.1 Å². The van der Waals surface area contributed by atoms with Gasteiger partial charge >= 0.3 is 0 Å². The Kier molecular flexibility index (Phi) is 8.71. The van der Waals surface area contributed by atoms with Gasteiger partial charge in [0.05, 0.1) is 45.9 Å². The number of Topliss-reactive ketones (excluding diaryl/α,β-unsaturated/α-hetero) is 1. The van der Waals surface area contributed by atoms with Crippen molar-refractivity contribution in [1.29, 1.82) is 0 Å². The van der Waals surface area contributed by atoms with Crippen LogP contribution in [0.5, 0.6) is 11.5 Å². The second-order valence-electron chi connectivity index (χ2n) is 8.30. The quantitative estimate of drug-likeness (QED) is 0.309. The molecule has 1 aliphatic heterocycles. The van der Waals surface area contributed by atoms with E-state index in [0.29, 0.717) is 42.3 Å². The van der Waals surface area contributed by atoms with Gasteiger partial charge in [0.1, 0.15) is 0 Å². The number of ketones is 1. The van der Waals surface area contributed by atoms with Crippen molar-refractivity contribution in [3.8, 4) is 11.5 Å². The number of likely N-dealkylation sites (N-methyl/N-ethyl adjacent to an activating group) is 1. The first kappa shape index (κ1) is 25.3. The molecule has 1 N–H and O–H groups in total. The number of amides is 1. The van der Waals surface area contributed by atoms with Crippen molar-refractivity contribution >= 4 is 17.4 Å². The Morgan fingerprint density at radius 2 is 1.74 bits per heavy atom. The number of benzene rings is 2. The van der Waals surface area contributed by atoms with E-state index in [0.717, 1.165) is 19.5 Å². The molecule has 7 heteroatoms. The number of methoxy groups -OCH3 is 1. The molecule has 2 aromatic carbocycles. The zero-order chi connectivity index (χ0) is 24.7. The lowest BCUT2D eigenvalue weighted by Crippen LogP contribution is -3.12. The van der Waals surface area contributed by atoms with Crippen LogP contribution in [0.15, 0.2) is 54.1 Å². The van der Waals surface area contributed by atoms with Gasteiger partial charge in [0.15, 0.2) is 11.5 Å². The molecule has 0 radical (unpaired) electrons. The van der Waals surface area contributed by atoms with Crippen LogP contribution in [0.25, 0.3) is 5.76 Å². The summed E-state index contributed by atoms with van der Waals surface area (Å²) in [5.74, 6) is -0.718. The molecular formula is C27H34N2O5. The summed E-state index contributed by atoms with van der Waals surface area (Å²) in [6.45, 7) is 9.61. The summed E-state index contributed by atoms with van der Waals surface area (Å²) >= 11 is 0. The van der Waals surface area contributed by atoms with E-state index in [9.17, 15) is 14.7 Å². The Morgan fingerprint density at radius 3 is 2.35 bits per heavy atom. The van der Waals surface area contributed by atoms with Crippen molar-refractivity contribution in [1.82, 2.24) is 4.90 Å². The monoisotopic (exact) mass is 466 g/mol. The number of carbonyl (C=O) groups excluding carboxylic acids is 2. The minimum atomic E-state index is -0.781. The van der Waals surface area contributed by atoms with E-state index in [1.807, 2.05) is 6.92 Å². The molecule has 0 spiro atoms. The van der Waals surface area contributed by atoms with Gasteiger partial charge in [-0.2, -0.15) is 0 Å². The summed E-state index contributed by atoms with van der Waals surface area (Å²) in [6.07, 6.45) is 0.849. The van der Waals surface area contributed by atoms with E-state index in [1.165, 1.54) is 9.80 Å². The molecule has 34 heavy (non-hydrogen) atoms. The normalized spacial score (nSPS) is 17.4. The number of carbonyl (C=O) groups is 2. The number of quaternary nitrogens is 1. The number of hydrogen-bond donors (Lipinski definition) is 1. The summed E-state index contributed by atoms with van der Waals surface area (Å²) in [6, 6.07) is 13.2. The largest absolute Gasteiger partial charge is 0.872 e. The fourth-order valence-electron chi connectivity index (χ4n) is 4.26. The number of likely N-dealkylation sites (tertiary alicyclic amines) is 1. The maximum Gasteiger partial charge on any atom is 0.295 e. The van der Waals surface area contributed by atoms with Crippen LogP contribution in [0.3, 0.4) is 0 Å². The molecule has 1 unspecified atom stereocenters. The molecule has 0 bridgehead atoms. The minimum Gasteiger partial charge on any atom is -0.872 e. The molecular weight excluding hydrogens is 432 g/mol. The van der Waals surface area contributed by atoms with E-state index in [1.54, 1.807) is 55.6 Å². The van der Waals surface area contributed by atoms with Gasteiger partial charge in [0.2, 0.25) is 5.78 Å². The molecule has 0 aliphatic carbocycles. The van der Waals surface area contributed by atoms with Crippen LogP contribution in [0.2, 0.25) is 0 Å². The number of hydrogen-bond acceptors (Lipinski definition) is 5. The maximum absolute atomic E-state index is 13.4. The Balaban J connectivity index is 2.11. The van der Waals surface area contributed by atoms with Crippen LogP contribution < -0.4 is 19.5 Å². The first-order valence-electron chi connectivity index (χ1n) is 11.9. The zero-order valence-electron chi connectivity index (χ0n) is 20.4. The van der Waals surface area contributed by atoms with Gasteiger partial charge in [0.25, 0.3) is 5.91 Å². The van der Waals surface area contributed by atoms with Crippen molar-refractivity contribution in [2.75, 3.05) is 39.9 Å². The van der Waals surface area contributed by atoms with Gasteiger partial charge in [-0.05, 0) is 43.5 Å². The molecule has 1 aliphatic rings. The lowest BCUT2D eigenvalue weighted by Gasteiger charge is -2.29. The van der Waals surface area contributed by atoms with Gasteiger partial charge in [-0.25, -0.2) is 0 Å². The Morgan fingerprint density at radius 1 is 1.03 bits per heavy atom. The summed E-state index contributed by atoms with van der Waals surface area (Å²) in [7, 11) is 1.55. The minimum absolute atomic E-state index is 0.0185. The third kappa shape index (κ3) is 5.25. The van der Waals surface area contributed by atoms with E-state index in [4.69, 9.17) is 9.47 Å². The summed E-state index contributed by atoms with van der Waals surface area (Å²) in [4.78, 5) is 29.1. The SMILES string of the molecule is CCCOc1ccc(C2C(=C([O-])c3ccccc3)C(=O)C(=O)N2CC[NH+](CC)CC)cc1OC. The van der Waals surface area contributed by atoms with E-state index < -0.39 is 23.5 Å². The van der Waals surface area contributed by atoms with Crippen LogP contribution in [0.1, 0.15) is 44.4 Å². The molecule has 3 rings (SSSR count). The molecule has 1 fully saturated rings. The molecule has 0 saturated carbocycles. The second kappa shape index (κ2) is 11.7. The highest BCUT2D eigenvalue weighted by Gasteiger charge is 2.44. The number of nitrogens with zero attached hydrogens (tertiary/aromatic N) is 1. The van der Waals surface area contributed by atoms with E-state index in [2.05, 4.69) is 13.8 Å². The molecule has 182 valence electrons. The van der Waals surface area contributed by atoms with E-state index >= 15 is 0 Å². The topological polar surface area (TPSA) is 83.3 Å². The molecule has 1 amide bonds. The standard InChI is InChI=1S/C27H34N2O5/c1-5-17-34-21-14-13-20(18-22(21)33-4)24-23(25(30)19-11-9-8-10-12-19)26(31)27(32)29(24)16-15-28(6-2)7-3/h8-14,18,24,30H,5-7,15-17H2,1-4H3. The second-order valence-corrected chi connectivity index (χ2v) is 8.30. The molecule has 1 saturated heterocycles. The lowest BCUT2D eigenvalue weighted by molar-refractivity contribution is -0.895. The van der Waals surface area contributed by atoms with Gasteiger partial charge in [-0.3, -0.25) is 9.59 Å². The van der Waals surface area contributed by atoms with Gasteiger partial charge < -0.3 is 24.4 Å². The average Bonchev–Trinajstić information content (AvgIpc) is 3.13. The van der Waals surface area contributed by atoms with Crippen LogP contribution in [0.4, 0.5) is 0 Å². The number of ether oxygens (including phenoxy) is 2. The van der Waals surface area contributed by atoms with Gasteiger partial charge in [-0.15, -0.1) is 0 Å². The third-order valence-electron chi connectivity index (χ3n) is 6.24. The number of rotatable bonds is 11. The zero-order valence-corrected chi connectivity index (χ0v) is 20.4. The van der Waals surface area contributed by atoms with Crippen molar-refractivity contribution in [3.63, 3.8) is 0 Å². The lowest BCUT2D eigenvalue weighted by atomic mass is 9.95. The molecule has 7 nitrogen and oxygen atoms in total. The fourth-order valence-corrected chi connectivity index (χ4v) is 4.26. The van der Waals surface area contributed by atoms with Gasteiger partial charge in [0, 0.05) is 5.57 Å². The Bertz CT molecular complexity index is 1030. The van der Waals surface area contributed by atoms with Crippen LogP contribution in [-0.4, -0.2) is 56.5 Å². The fraction of sp³-hybridized carbons (Fsp3) is 0.407. The highest BCUT2D eigenvalue weighted by Crippen LogP contribution is 2.41. The summed E-state index contributed by atoms with van der Waals surface area (Å²) in [5, 5.41) is 13.4. The highest BCUT2D eigenvalue weighted by atomic mass is 16.5. The summed E-state index contributed by atoms with van der Waals surface area (Å²) < 4.78 is 11.3. The number of nitrogens with one attached hydrogen (secondary N) is 1. The first-order valence-corrected chi connectivity index (χ1v) is 11.9. The van der Waals surface area contributed by atoms with Crippen molar-refractivity contribution in [3.05, 3.63) is 65.2 Å². The van der Waals surface area contributed by atoms with Crippen LogP contribution in [0, 0.1) is 0 Å². The van der Waals surface area contributed by atoms with Crippen LogP contribution in [-0.2, 0) is 9.59 Å². The van der Waals surface area contributed by atoms with Crippen molar-refractivity contribution in [2.24, 2.45) is 0 Å². The molecule has 1 atom stereocenters. The first-order chi connectivity index (χ1) is 16.5. The molecule has 1 heterocycles. The smallest absolute Gasteiger partial charge is 0.295 e. The van der Waals surface area contributed by atoms with Crippen molar-refractivity contribution in [2.45, 2.75) is 33.2 Å². The molecule has 2 aromatic rings. The molecule has 0 aromatic heterocycles. The van der Waals surface area contributed by atoms with E-state index in [-0.39, 0.29) is 5.57 Å². The van der Waals surface area contributed by atoms with Crippen LogP contribution >= 0.6 is 0 Å². The Labute approximate surface area is 201 Å².